The van der Waals surface area contributed by atoms with Gasteiger partial charge in [-0.05, 0) is 11.4 Å². The Morgan fingerprint density at radius 1 is 1.60 bits per heavy atom. The van der Waals surface area contributed by atoms with E-state index in [9.17, 15) is 0 Å². The van der Waals surface area contributed by atoms with Crippen LogP contribution in [-0.4, -0.2) is 28.5 Å². The Kier molecular flexibility index (Phi) is 2.98. The largest absolute Gasteiger partial charge is 0.390 e. The first-order valence-corrected chi connectivity index (χ1v) is 5.41. The molecular weight excluding hydrogens is 212 g/mol. The third-order valence-corrected chi connectivity index (χ3v) is 2.83. The molecule has 6 heteroatoms. The molecule has 0 amide bonds. The van der Waals surface area contributed by atoms with Gasteiger partial charge in [0.25, 0.3) is 0 Å². The molecule has 0 saturated heterocycles. The van der Waals surface area contributed by atoms with Crippen molar-refractivity contribution in [2.24, 2.45) is 0 Å². The van der Waals surface area contributed by atoms with Crippen LogP contribution >= 0.6 is 11.3 Å². The number of nitrogens with zero attached hydrogens (tertiary/aromatic N) is 3. The zero-order valence-corrected chi connectivity index (χ0v) is 9.20. The molecule has 0 aliphatic rings. The summed E-state index contributed by atoms with van der Waals surface area (Å²) in [4.78, 5) is 0. The van der Waals surface area contributed by atoms with Gasteiger partial charge in [-0.25, -0.2) is 0 Å². The second-order valence-electron chi connectivity index (χ2n) is 3.04. The van der Waals surface area contributed by atoms with Gasteiger partial charge in [-0.1, -0.05) is 0 Å². The van der Waals surface area contributed by atoms with Crippen molar-refractivity contribution in [1.29, 1.82) is 0 Å². The Balaban J connectivity index is 2.29. The summed E-state index contributed by atoms with van der Waals surface area (Å²) in [5, 5.41) is 10.6. The van der Waals surface area contributed by atoms with E-state index >= 15 is 0 Å². The van der Waals surface area contributed by atoms with E-state index in [2.05, 4.69) is 10.2 Å². The van der Waals surface area contributed by atoms with Crippen molar-refractivity contribution in [3.63, 3.8) is 0 Å². The minimum atomic E-state index is 0.634. The summed E-state index contributed by atoms with van der Waals surface area (Å²) in [5.74, 6) is 0.797. The number of methoxy groups -OCH3 is 1. The average molecular weight is 224 g/mol. The highest BCUT2D eigenvalue weighted by Crippen LogP contribution is 2.28. The van der Waals surface area contributed by atoms with E-state index in [0.717, 1.165) is 22.9 Å². The van der Waals surface area contributed by atoms with Crippen molar-refractivity contribution >= 4 is 16.3 Å². The number of rotatable bonds is 4. The molecule has 0 bridgehead atoms. The fourth-order valence-corrected chi connectivity index (χ4v) is 1.96. The number of hydrogen-bond acceptors (Lipinski definition) is 5. The number of anilines is 1. The van der Waals surface area contributed by atoms with E-state index < -0.39 is 0 Å². The van der Waals surface area contributed by atoms with Crippen LogP contribution in [0.2, 0.25) is 0 Å². The lowest BCUT2D eigenvalue weighted by Gasteiger charge is -2.04. The summed E-state index contributed by atoms with van der Waals surface area (Å²) in [5.41, 5.74) is 6.77. The molecule has 2 aromatic heterocycles. The lowest BCUT2D eigenvalue weighted by atomic mass is 10.3. The molecule has 5 nitrogen and oxygen atoms in total. The predicted molar refractivity (Wildman–Crippen MR) is 59.6 cm³/mol. The van der Waals surface area contributed by atoms with Crippen molar-refractivity contribution in [2.45, 2.75) is 6.54 Å². The number of aromatic nitrogens is 3. The molecule has 2 N–H and O–H groups in total. The Morgan fingerprint density at radius 2 is 2.47 bits per heavy atom. The van der Waals surface area contributed by atoms with E-state index in [1.165, 1.54) is 11.3 Å². The molecule has 0 aromatic carbocycles. The lowest BCUT2D eigenvalue weighted by molar-refractivity contribution is 0.187. The van der Waals surface area contributed by atoms with Crippen LogP contribution in [0.15, 0.2) is 17.8 Å². The first kappa shape index (κ1) is 10.1. The normalized spacial score (nSPS) is 10.7. The second-order valence-corrected chi connectivity index (χ2v) is 3.99. The van der Waals surface area contributed by atoms with E-state index in [-0.39, 0.29) is 0 Å². The molecule has 2 rings (SSSR count). The van der Waals surface area contributed by atoms with Crippen molar-refractivity contribution in [1.82, 2.24) is 14.8 Å². The minimum absolute atomic E-state index is 0.634. The SMILES string of the molecule is COCCn1cnnc1-c1ccsc1N. The number of nitrogens with two attached hydrogens (primary N) is 1. The fourth-order valence-electron chi connectivity index (χ4n) is 1.32. The maximum absolute atomic E-state index is 5.84. The molecule has 0 fully saturated rings. The van der Waals surface area contributed by atoms with E-state index in [0.29, 0.717) is 6.61 Å². The second kappa shape index (κ2) is 4.41. The third kappa shape index (κ3) is 2.00. The topological polar surface area (TPSA) is 66.0 Å². The molecule has 80 valence electrons. The van der Waals surface area contributed by atoms with E-state index in [1.807, 2.05) is 16.0 Å². The van der Waals surface area contributed by atoms with Gasteiger partial charge in [0.2, 0.25) is 0 Å². The van der Waals surface area contributed by atoms with Crippen LogP contribution in [0.25, 0.3) is 11.4 Å². The highest BCUT2D eigenvalue weighted by Gasteiger charge is 2.10. The van der Waals surface area contributed by atoms with Gasteiger partial charge in [-0.3, -0.25) is 0 Å². The summed E-state index contributed by atoms with van der Waals surface area (Å²) in [6.45, 7) is 1.36. The summed E-state index contributed by atoms with van der Waals surface area (Å²) in [7, 11) is 1.67. The standard InChI is InChI=1S/C9H12N4OS/c1-14-4-3-13-6-11-12-9(13)7-2-5-15-8(7)10/h2,5-6H,3-4,10H2,1H3. The van der Waals surface area contributed by atoms with Crippen LogP contribution in [0.4, 0.5) is 5.00 Å². The highest BCUT2D eigenvalue weighted by molar-refractivity contribution is 7.14. The van der Waals surface area contributed by atoms with Crippen LogP contribution < -0.4 is 5.73 Å². The number of hydrogen-bond donors (Lipinski definition) is 1. The summed E-state index contributed by atoms with van der Waals surface area (Å²) in [6.07, 6.45) is 1.69. The maximum Gasteiger partial charge on any atom is 0.166 e. The quantitative estimate of drug-likeness (QED) is 0.848. The molecule has 0 aliphatic carbocycles. The molecule has 0 aliphatic heterocycles. The van der Waals surface area contributed by atoms with Gasteiger partial charge < -0.3 is 15.0 Å². The Bertz CT molecular complexity index is 437. The number of thiophene rings is 1. The number of nitrogen functional groups attached to an aromatic ring is 1. The first-order valence-electron chi connectivity index (χ1n) is 4.53. The molecular formula is C9H12N4OS. The molecule has 0 saturated carbocycles. The molecule has 15 heavy (non-hydrogen) atoms. The zero-order valence-electron chi connectivity index (χ0n) is 8.38. The zero-order chi connectivity index (χ0) is 10.7. The third-order valence-electron chi connectivity index (χ3n) is 2.09. The van der Waals surface area contributed by atoms with Crippen LogP contribution in [0.1, 0.15) is 0 Å². The van der Waals surface area contributed by atoms with Gasteiger partial charge >= 0.3 is 0 Å². The minimum Gasteiger partial charge on any atom is -0.390 e. The molecule has 0 spiro atoms. The molecule has 0 atom stereocenters. The predicted octanol–water partition coefficient (Wildman–Crippen LogP) is 1.24. The lowest BCUT2D eigenvalue weighted by Crippen LogP contribution is -2.05. The Hall–Kier alpha value is -1.40. The summed E-state index contributed by atoms with van der Waals surface area (Å²) < 4.78 is 6.95. The fraction of sp³-hybridized carbons (Fsp3) is 0.333. The average Bonchev–Trinajstić information content (AvgIpc) is 2.82. The molecule has 0 unspecified atom stereocenters. The van der Waals surface area contributed by atoms with Gasteiger partial charge in [0, 0.05) is 13.7 Å². The summed E-state index contributed by atoms with van der Waals surface area (Å²) in [6, 6.07) is 1.95. The highest BCUT2D eigenvalue weighted by atomic mass is 32.1. The maximum atomic E-state index is 5.84. The van der Waals surface area contributed by atoms with Crippen molar-refractivity contribution < 1.29 is 4.74 Å². The van der Waals surface area contributed by atoms with Crippen LogP contribution in [-0.2, 0) is 11.3 Å². The Morgan fingerprint density at radius 3 is 3.13 bits per heavy atom. The van der Waals surface area contributed by atoms with Crippen molar-refractivity contribution in [2.75, 3.05) is 19.5 Å². The van der Waals surface area contributed by atoms with Crippen LogP contribution in [0.5, 0.6) is 0 Å². The van der Waals surface area contributed by atoms with Crippen LogP contribution in [0.3, 0.4) is 0 Å². The summed E-state index contributed by atoms with van der Waals surface area (Å²) >= 11 is 1.50. The van der Waals surface area contributed by atoms with Gasteiger partial charge in [0.05, 0.1) is 17.2 Å². The van der Waals surface area contributed by atoms with Gasteiger partial charge in [0.15, 0.2) is 5.82 Å². The van der Waals surface area contributed by atoms with Gasteiger partial charge in [-0.15, -0.1) is 21.5 Å². The van der Waals surface area contributed by atoms with Crippen molar-refractivity contribution in [3.05, 3.63) is 17.8 Å². The number of ether oxygens (including phenoxy) is 1. The molecule has 2 aromatic rings. The van der Waals surface area contributed by atoms with Gasteiger partial charge in [-0.2, -0.15) is 0 Å². The van der Waals surface area contributed by atoms with Crippen LogP contribution in [0, 0.1) is 0 Å². The monoisotopic (exact) mass is 224 g/mol. The van der Waals surface area contributed by atoms with Gasteiger partial charge in [0.1, 0.15) is 6.33 Å². The smallest absolute Gasteiger partial charge is 0.166 e. The van der Waals surface area contributed by atoms with Crippen molar-refractivity contribution in [3.8, 4) is 11.4 Å². The van der Waals surface area contributed by atoms with E-state index in [1.54, 1.807) is 13.4 Å². The first-order chi connectivity index (χ1) is 7.33. The Labute approximate surface area is 91.5 Å². The molecule has 0 radical (unpaired) electrons. The molecule has 2 heterocycles. The van der Waals surface area contributed by atoms with E-state index in [4.69, 9.17) is 10.5 Å².